The Morgan fingerprint density at radius 1 is 0.337 bits per heavy atom. The van der Waals surface area contributed by atoms with Gasteiger partial charge in [-0.1, -0.05) is 166 Å². The fourth-order valence-corrected chi connectivity index (χ4v) is 13.3. The number of imidazole rings is 2. The van der Waals surface area contributed by atoms with Crippen molar-refractivity contribution < 1.29 is 46.2 Å². The molecule has 17 aromatic rings. The molecule has 0 atom stereocenters. The standard InChI is InChI=1S/C45H33N4.C40H31N4.2Pt/c1-45(2,34-16-13-19-37(29-34)48-31-47(36-17-7-4-8-18-36)41-22-11-12-23-42(41)48)35-24-25-39-38-20-9-10-21-40(38)49(43(39)30-35)44-28-33(26-27-46-44)32-14-5-3-6-15-32;1-40(2,30-14-11-15-32(25-30)43-27-42(3)36-18-9-10-19-37(36)43)31-20-21-34-33-16-7-8-17-35(33)44(38(34)26-31)39-24-29(22-23-41-39)28-12-5-4-6-13-28;;/h3-28,31H,1-2H3;4-24,27H,1-3H3;;/q2*-1;;/i;3D3;;. The van der Waals surface area contributed by atoms with E-state index < -0.39 is 12.4 Å². The van der Waals surface area contributed by atoms with Crippen molar-refractivity contribution >= 4 is 65.7 Å². The minimum atomic E-state index is -2.31. The van der Waals surface area contributed by atoms with E-state index in [2.05, 4.69) is 283 Å². The molecule has 6 heterocycles. The largest absolute Gasteiger partial charge is 0.319 e. The molecule has 10 heteroatoms. The second-order valence-corrected chi connectivity index (χ2v) is 24.7. The van der Waals surface area contributed by atoms with Crippen molar-refractivity contribution in [2.75, 3.05) is 0 Å². The molecule has 11 aromatic carbocycles. The maximum absolute atomic E-state index is 8.09. The van der Waals surface area contributed by atoms with Crippen LogP contribution in [0.15, 0.2) is 298 Å². The van der Waals surface area contributed by atoms with Gasteiger partial charge in [-0.05, 0) is 105 Å². The molecular formula is C85H64N8Pt2-2. The maximum Gasteiger partial charge on any atom is 0.188 e. The molecule has 0 radical (unpaired) electrons. The fourth-order valence-electron chi connectivity index (χ4n) is 13.3. The number of benzene rings is 11. The van der Waals surface area contributed by atoms with Crippen LogP contribution < -0.4 is 0 Å². The number of aromatic nitrogens is 8. The number of rotatable bonds is 11. The molecule has 0 aliphatic heterocycles. The third-order valence-corrected chi connectivity index (χ3v) is 18.4. The summed E-state index contributed by atoms with van der Waals surface area (Å²) in [5.74, 6) is 1.71. The number of pyridine rings is 2. The van der Waals surface area contributed by atoms with Crippen LogP contribution in [0.25, 0.3) is 117 Å². The van der Waals surface area contributed by atoms with Crippen molar-refractivity contribution in [3.05, 3.63) is 345 Å². The molecule has 6 aromatic heterocycles. The quantitative estimate of drug-likeness (QED) is 0.121. The van der Waals surface area contributed by atoms with Crippen LogP contribution in [0.5, 0.6) is 0 Å². The summed E-state index contributed by atoms with van der Waals surface area (Å²) in [4.78, 5) is 9.72. The van der Waals surface area contributed by atoms with E-state index in [4.69, 9.17) is 14.1 Å². The Balaban J connectivity index is 0.000000164. The van der Waals surface area contributed by atoms with Gasteiger partial charge in [-0.3, -0.25) is 0 Å². The molecule has 0 saturated carbocycles. The molecule has 0 fully saturated rings. The van der Waals surface area contributed by atoms with Gasteiger partial charge in [0.15, 0.2) is 34.7 Å². The van der Waals surface area contributed by atoms with Gasteiger partial charge in [-0.2, -0.15) is 76.4 Å². The fraction of sp³-hybridized carbons (Fsp3) is 0.0824. The second kappa shape index (κ2) is 25.5. The SMILES string of the molecule is CC(C)(c1[c-]c(-n2[cH+]n(-c3ccccc3)c3ccccc32)ccc1)c1[c-]c2c(cc1)c1ccccc1n2-c1cc(-c2ccccc2)ccn1.[2H]C([2H])([2H])n1[cH+]n(-c2[c-]c(C(C)(C)c3[c-]c4c(cc3)c3ccccc3n4-c3cc(-c4ccccc4)ccn3)ccc2)c2ccccc21.[Pt].[Pt]. The van der Waals surface area contributed by atoms with Crippen LogP contribution in [0.3, 0.4) is 0 Å². The zero-order valence-corrected chi connectivity index (χ0v) is 57.0. The van der Waals surface area contributed by atoms with Gasteiger partial charge >= 0.3 is 0 Å². The molecule has 0 saturated heterocycles. The normalized spacial score (nSPS) is 12.3. The average molecular weight is 1590 g/mol. The Morgan fingerprint density at radius 2 is 0.726 bits per heavy atom. The molecule has 0 unspecified atom stereocenters. The molecule has 8 nitrogen and oxygen atoms in total. The van der Waals surface area contributed by atoms with Gasteiger partial charge in [0.05, 0.1) is 0 Å². The molecular weight excluding hydrogens is 1520 g/mol. The van der Waals surface area contributed by atoms with Gasteiger partial charge in [0.1, 0.15) is 17.3 Å². The molecule has 0 spiro atoms. The molecule has 0 aliphatic carbocycles. The van der Waals surface area contributed by atoms with Gasteiger partial charge in [-0.25, -0.2) is 23.7 Å². The van der Waals surface area contributed by atoms with Crippen LogP contribution in [-0.2, 0) is 59.9 Å². The number of aryl methyl sites for hydroxylation is 1. The summed E-state index contributed by atoms with van der Waals surface area (Å²) in [6, 6.07) is 109. The van der Waals surface area contributed by atoms with E-state index in [9.17, 15) is 0 Å². The number of para-hydroxylation sites is 7. The summed E-state index contributed by atoms with van der Waals surface area (Å²) in [5.41, 5.74) is 18.6. The Bertz CT molecular complexity index is 5790. The van der Waals surface area contributed by atoms with E-state index in [0.717, 1.165) is 128 Å². The Morgan fingerprint density at radius 3 is 1.20 bits per heavy atom. The number of fused-ring (bicyclic) bond motifs is 8. The summed E-state index contributed by atoms with van der Waals surface area (Å²) in [7, 11) is 0. The Kier molecular flexibility index (Phi) is 15.7. The predicted molar refractivity (Wildman–Crippen MR) is 381 cm³/mol. The van der Waals surface area contributed by atoms with Gasteiger partial charge < -0.3 is 9.13 Å². The van der Waals surface area contributed by atoms with E-state index >= 15 is 0 Å². The first-order valence-electron chi connectivity index (χ1n) is 32.9. The van der Waals surface area contributed by atoms with Crippen molar-refractivity contribution in [1.82, 2.24) is 37.4 Å². The summed E-state index contributed by atoms with van der Waals surface area (Å²) < 4.78 is 36.4. The molecule has 0 aliphatic rings. The van der Waals surface area contributed by atoms with Gasteiger partial charge in [0.2, 0.25) is 0 Å². The van der Waals surface area contributed by atoms with E-state index in [1.54, 1.807) is 6.33 Å². The number of nitrogens with zero attached hydrogens (tertiary/aromatic N) is 8. The van der Waals surface area contributed by atoms with Crippen LogP contribution in [0, 0.1) is 24.3 Å². The smallest absolute Gasteiger partial charge is 0.188 e. The Hall–Kier alpha value is -10.4. The van der Waals surface area contributed by atoms with Crippen molar-refractivity contribution in [3.8, 4) is 51.0 Å². The zero-order valence-electron chi connectivity index (χ0n) is 55.5. The third kappa shape index (κ3) is 11.1. The van der Waals surface area contributed by atoms with Crippen LogP contribution >= 0.6 is 0 Å². The van der Waals surface area contributed by atoms with Crippen LogP contribution in [0.2, 0.25) is 0 Å². The molecule has 0 bridgehead atoms. The maximum atomic E-state index is 8.09. The molecule has 17 rings (SSSR count). The van der Waals surface area contributed by atoms with Crippen LogP contribution in [-0.4, -0.2) is 37.4 Å². The van der Waals surface area contributed by atoms with Gasteiger partial charge in [-0.15, -0.1) is 46.2 Å². The number of hydrogen-bond donors (Lipinski definition) is 0. The predicted octanol–water partition coefficient (Wildman–Crippen LogP) is 20.1. The first-order valence-corrected chi connectivity index (χ1v) is 31.4. The average Bonchev–Trinajstić information content (AvgIpc) is 1.57. The third-order valence-electron chi connectivity index (χ3n) is 18.4. The van der Waals surface area contributed by atoms with Crippen LogP contribution in [0.1, 0.15) is 54.1 Å². The summed E-state index contributed by atoms with van der Waals surface area (Å²) in [6.45, 7) is 6.58. The van der Waals surface area contributed by atoms with E-state index in [1.165, 1.54) is 9.95 Å². The first-order chi connectivity index (χ1) is 46.8. The number of hydrogen-bond acceptors (Lipinski definition) is 2. The van der Waals surface area contributed by atoms with Crippen molar-refractivity contribution in [1.29, 1.82) is 0 Å². The monoisotopic (exact) mass is 1590 g/mol. The summed E-state index contributed by atoms with van der Waals surface area (Å²) in [5, 5.41) is 4.59. The van der Waals surface area contributed by atoms with Gasteiger partial charge in [0, 0.05) is 112 Å². The topological polar surface area (TPSA) is 55.4 Å². The molecule has 0 N–H and O–H groups in total. The van der Waals surface area contributed by atoms with Crippen molar-refractivity contribution in [3.63, 3.8) is 0 Å². The molecule has 95 heavy (non-hydrogen) atoms. The minimum Gasteiger partial charge on any atom is -0.319 e. The summed E-state index contributed by atoms with van der Waals surface area (Å²) >= 11 is 0. The molecule has 0 amide bonds. The molecule has 466 valence electrons. The van der Waals surface area contributed by atoms with Crippen molar-refractivity contribution in [2.24, 2.45) is 6.98 Å². The van der Waals surface area contributed by atoms with Crippen LogP contribution in [0.4, 0.5) is 0 Å². The summed E-state index contributed by atoms with van der Waals surface area (Å²) in [6.07, 6.45) is 7.58. The first kappa shape index (κ1) is 58.5. The van der Waals surface area contributed by atoms with Gasteiger partial charge in [0.25, 0.3) is 0 Å². The van der Waals surface area contributed by atoms with E-state index in [1.807, 2.05) is 83.7 Å². The minimum absolute atomic E-state index is 0. The van der Waals surface area contributed by atoms with E-state index in [-0.39, 0.29) is 47.5 Å². The van der Waals surface area contributed by atoms with Crippen molar-refractivity contribution in [2.45, 2.75) is 38.5 Å². The van der Waals surface area contributed by atoms with E-state index in [0.29, 0.717) is 5.52 Å². The second-order valence-electron chi connectivity index (χ2n) is 24.7. The zero-order chi connectivity index (χ0) is 65.3. The Labute approximate surface area is 586 Å².